The van der Waals surface area contributed by atoms with Gasteiger partial charge in [-0.3, -0.25) is 9.69 Å². The third kappa shape index (κ3) is 6.70. The first kappa shape index (κ1) is 29.0. The summed E-state index contributed by atoms with van der Waals surface area (Å²) in [5.74, 6) is 0.0389. The predicted octanol–water partition coefficient (Wildman–Crippen LogP) is 4.59. The summed E-state index contributed by atoms with van der Waals surface area (Å²) >= 11 is 0. The van der Waals surface area contributed by atoms with Crippen molar-refractivity contribution in [2.24, 2.45) is 0 Å². The second-order valence-electron chi connectivity index (χ2n) is 11.5. The molecule has 1 aromatic carbocycles. The maximum atomic E-state index is 15.3. The molecule has 2 aromatic heterocycles. The van der Waals surface area contributed by atoms with Gasteiger partial charge in [0.1, 0.15) is 17.2 Å². The lowest BCUT2D eigenvalue weighted by molar-refractivity contribution is 0.0817. The topological polar surface area (TPSA) is 72.8 Å². The van der Waals surface area contributed by atoms with Crippen LogP contribution in [0.25, 0.3) is 11.0 Å². The van der Waals surface area contributed by atoms with Gasteiger partial charge in [0.25, 0.3) is 5.91 Å². The highest BCUT2D eigenvalue weighted by molar-refractivity contribution is 5.97. The molecular weight excluding hydrogens is 519 g/mol. The van der Waals surface area contributed by atoms with Crippen LogP contribution in [0.5, 0.6) is 0 Å². The molecule has 0 bridgehead atoms. The molecule has 2 fully saturated rings. The zero-order valence-corrected chi connectivity index (χ0v) is 24.7. The van der Waals surface area contributed by atoms with Crippen molar-refractivity contribution < 1.29 is 9.18 Å². The van der Waals surface area contributed by atoms with Crippen molar-refractivity contribution in [1.29, 1.82) is 0 Å². The summed E-state index contributed by atoms with van der Waals surface area (Å²) in [5, 5.41) is 3.97. The highest BCUT2D eigenvalue weighted by Crippen LogP contribution is 2.29. The van der Waals surface area contributed by atoms with E-state index in [2.05, 4.69) is 38.6 Å². The van der Waals surface area contributed by atoms with Crippen molar-refractivity contribution in [1.82, 2.24) is 29.2 Å². The van der Waals surface area contributed by atoms with Gasteiger partial charge in [-0.25, -0.2) is 9.37 Å². The van der Waals surface area contributed by atoms with E-state index in [1.165, 1.54) is 6.07 Å². The van der Waals surface area contributed by atoms with Gasteiger partial charge < -0.3 is 24.6 Å². The lowest BCUT2D eigenvalue weighted by Crippen LogP contribution is -2.52. The van der Waals surface area contributed by atoms with Crippen LogP contribution in [0, 0.1) is 5.82 Å². The molecule has 4 heterocycles. The lowest BCUT2D eigenvalue weighted by Gasteiger charge is -2.42. The van der Waals surface area contributed by atoms with E-state index in [1.807, 2.05) is 28.8 Å². The molecule has 0 unspecified atom stereocenters. The molecule has 2 saturated heterocycles. The number of allylic oxidation sites excluding steroid dienone is 1. The van der Waals surface area contributed by atoms with Crippen molar-refractivity contribution in [3.8, 4) is 0 Å². The Morgan fingerprint density at radius 2 is 1.88 bits per heavy atom. The van der Waals surface area contributed by atoms with Crippen LogP contribution in [0.2, 0.25) is 0 Å². The van der Waals surface area contributed by atoms with Gasteiger partial charge in [0, 0.05) is 83.2 Å². The van der Waals surface area contributed by atoms with Crippen molar-refractivity contribution in [2.45, 2.75) is 44.7 Å². The van der Waals surface area contributed by atoms with Crippen molar-refractivity contribution >= 4 is 34.3 Å². The van der Waals surface area contributed by atoms with E-state index in [9.17, 15) is 4.79 Å². The number of aromatic nitrogens is 3. The molecule has 9 nitrogen and oxygen atoms in total. The van der Waals surface area contributed by atoms with E-state index >= 15 is 4.39 Å². The summed E-state index contributed by atoms with van der Waals surface area (Å²) < 4.78 is 17.3. The average molecular weight is 563 g/mol. The molecule has 2 aliphatic heterocycles. The van der Waals surface area contributed by atoms with Crippen LogP contribution in [-0.2, 0) is 6.54 Å². The molecule has 10 heteroatoms. The fourth-order valence-electron chi connectivity index (χ4n) is 5.92. The smallest absolute Gasteiger partial charge is 0.270 e. The van der Waals surface area contributed by atoms with Gasteiger partial charge in [-0.15, -0.1) is 6.58 Å². The van der Waals surface area contributed by atoms with Gasteiger partial charge in [0.2, 0.25) is 5.95 Å². The quantitative estimate of drug-likeness (QED) is 0.286. The van der Waals surface area contributed by atoms with Crippen LogP contribution in [-0.4, -0.2) is 102 Å². The zero-order valence-electron chi connectivity index (χ0n) is 24.7. The van der Waals surface area contributed by atoms with Gasteiger partial charge in [0.05, 0.1) is 5.69 Å². The maximum Gasteiger partial charge on any atom is 0.270 e. The number of halogens is 1. The maximum absolute atomic E-state index is 15.3. The Morgan fingerprint density at radius 1 is 1.12 bits per heavy atom. The average Bonchev–Trinajstić information content (AvgIpc) is 3.33. The number of piperidine rings is 1. The van der Waals surface area contributed by atoms with E-state index < -0.39 is 0 Å². The van der Waals surface area contributed by atoms with Crippen LogP contribution in [0.15, 0.2) is 43.1 Å². The SMILES string of the molecule is C=CCCCCn1c(C(=O)N(C)C)cc2cnc(Nc3ccc(N4CCC(N5CCN(C)CC5)CC4)c(F)c3)nc21. The molecule has 3 aromatic rings. The minimum Gasteiger partial charge on any atom is -0.369 e. The Morgan fingerprint density at radius 3 is 2.56 bits per heavy atom. The van der Waals surface area contributed by atoms with Gasteiger partial charge in [-0.05, 0) is 63.4 Å². The normalized spacial score (nSPS) is 17.2. The number of unbranched alkanes of at least 4 members (excludes halogenated alkanes) is 2. The van der Waals surface area contributed by atoms with Crippen LogP contribution in [0.1, 0.15) is 42.6 Å². The highest BCUT2D eigenvalue weighted by atomic mass is 19.1. The number of carbonyl (C=O) groups excluding carboxylic acids is 1. The monoisotopic (exact) mass is 562 g/mol. The molecule has 0 spiro atoms. The Balaban J connectivity index is 1.28. The number of nitrogens with one attached hydrogen (secondary N) is 1. The second-order valence-corrected chi connectivity index (χ2v) is 11.5. The molecule has 220 valence electrons. The molecule has 0 saturated carbocycles. The number of fused-ring (bicyclic) bond motifs is 1. The van der Waals surface area contributed by atoms with Crippen LogP contribution in [0.3, 0.4) is 0 Å². The fourth-order valence-corrected chi connectivity index (χ4v) is 5.92. The Hall–Kier alpha value is -3.50. The van der Waals surface area contributed by atoms with E-state index in [0.29, 0.717) is 41.3 Å². The summed E-state index contributed by atoms with van der Waals surface area (Å²) in [6, 6.07) is 7.68. The summed E-state index contributed by atoms with van der Waals surface area (Å²) in [5.41, 5.74) is 2.50. The number of carbonyl (C=O) groups is 1. The standard InChI is InChI=1S/C31H43FN8O/c1-5-6-7-8-13-40-28(30(41)36(2)3)20-23-22-33-31(35-29(23)40)34-24-9-10-27(26(32)21-24)39-14-11-25(12-15-39)38-18-16-37(4)17-19-38/h5,9-10,20-22,25H,1,6-8,11-19H2,2-4H3,(H,33,34,35). The minimum absolute atomic E-state index is 0.0774. The molecule has 0 aliphatic carbocycles. The largest absolute Gasteiger partial charge is 0.369 e. The van der Waals surface area contributed by atoms with Crippen LogP contribution in [0.4, 0.5) is 21.7 Å². The second kappa shape index (κ2) is 13.0. The summed E-state index contributed by atoms with van der Waals surface area (Å²) in [7, 11) is 5.67. The first-order chi connectivity index (χ1) is 19.8. The fraction of sp³-hybridized carbons (Fsp3) is 0.516. The third-order valence-electron chi connectivity index (χ3n) is 8.36. The zero-order chi connectivity index (χ0) is 28.9. The Bertz CT molecular complexity index is 1360. The van der Waals surface area contributed by atoms with Crippen molar-refractivity contribution in [3.63, 3.8) is 0 Å². The third-order valence-corrected chi connectivity index (χ3v) is 8.36. The van der Waals surface area contributed by atoms with Crippen LogP contribution >= 0.6 is 0 Å². The van der Waals surface area contributed by atoms with E-state index in [0.717, 1.165) is 76.8 Å². The number of piperazine rings is 1. The highest BCUT2D eigenvalue weighted by Gasteiger charge is 2.27. The van der Waals surface area contributed by atoms with Crippen molar-refractivity contribution in [2.75, 3.05) is 70.6 Å². The molecule has 0 radical (unpaired) electrons. The number of rotatable bonds is 10. The first-order valence-electron chi connectivity index (χ1n) is 14.8. The predicted molar refractivity (Wildman–Crippen MR) is 164 cm³/mol. The Kier molecular flexibility index (Phi) is 9.19. The lowest BCUT2D eigenvalue weighted by atomic mass is 10.0. The van der Waals surface area contributed by atoms with E-state index in [-0.39, 0.29) is 11.7 Å². The molecule has 1 N–H and O–H groups in total. The van der Waals surface area contributed by atoms with Gasteiger partial charge in [-0.2, -0.15) is 4.98 Å². The summed E-state index contributed by atoms with van der Waals surface area (Å²) in [6.45, 7) is 10.7. The molecule has 2 aliphatic rings. The molecule has 41 heavy (non-hydrogen) atoms. The number of anilines is 3. The van der Waals surface area contributed by atoms with Gasteiger partial charge in [-0.1, -0.05) is 6.08 Å². The first-order valence-corrected chi connectivity index (χ1v) is 14.8. The Labute approximate surface area is 242 Å². The van der Waals surface area contributed by atoms with Gasteiger partial charge in [0.15, 0.2) is 0 Å². The van der Waals surface area contributed by atoms with E-state index in [4.69, 9.17) is 4.98 Å². The van der Waals surface area contributed by atoms with Gasteiger partial charge >= 0.3 is 0 Å². The number of hydrogen-bond acceptors (Lipinski definition) is 7. The van der Waals surface area contributed by atoms with Crippen LogP contribution < -0.4 is 10.2 Å². The number of aryl methyl sites for hydroxylation is 1. The molecule has 5 rings (SSSR count). The van der Waals surface area contributed by atoms with E-state index in [1.54, 1.807) is 25.2 Å². The molecular formula is C31H43FN8O. The number of hydrogen-bond donors (Lipinski definition) is 1. The number of nitrogens with zero attached hydrogens (tertiary/aromatic N) is 7. The minimum atomic E-state index is -0.251. The number of likely N-dealkylation sites (N-methyl/N-ethyl adjacent to an activating group) is 1. The molecule has 1 amide bonds. The molecule has 0 atom stereocenters. The number of amides is 1. The number of benzene rings is 1. The van der Waals surface area contributed by atoms with Crippen molar-refractivity contribution in [3.05, 3.63) is 54.6 Å². The summed E-state index contributed by atoms with van der Waals surface area (Å²) in [6.07, 6.45) is 8.54. The summed E-state index contributed by atoms with van der Waals surface area (Å²) in [4.78, 5) is 30.8.